The number of aromatic amines is 1. The molecule has 52 heavy (non-hydrogen) atoms. The van der Waals surface area contributed by atoms with Crippen LogP contribution in [-0.4, -0.2) is 103 Å². The second-order valence-corrected chi connectivity index (χ2v) is 14.7. The first-order chi connectivity index (χ1) is 24.9. The van der Waals surface area contributed by atoms with E-state index in [2.05, 4.69) is 44.5 Å². The van der Waals surface area contributed by atoms with Gasteiger partial charge < -0.3 is 34.5 Å². The Morgan fingerprint density at radius 3 is 2.21 bits per heavy atom. The minimum atomic E-state index is -1.11. The van der Waals surface area contributed by atoms with Gasteiger partial charge in [0, 0.05) is 38.2 Å². The monoisotopic (exact) mass is 718 g/mol. The number of nitrogens with one attached hydrogen (secondary N) is 2. The number of carboxylic acid groups (broad SMARTS) is 1. The number of nitrogens with zero attached hydrogens (tertiary/aromatic N) is 6. The predicted molar refractivity (Wildman–Crippen MR) is 194 cm³/mol. The molecule has 1 aromatic carbocycles. The molecule has 0 saturated carbocycles. The Labute approximate surface area is 305 Å². The maximum Gasteiger partial charge on any atom is 0.407 e. The van der Waals surface area contributed by atoms with Gasteiger partial charge in [-0.3, -0.25) is 14.5 Å². The largest absolute Gasteiger partial charge is 0.465 e. The Morgan fingerprint density at radius 2 is 1.58 bits per heavy atom. The lowest BCUT2D eigenvalue weighted by molar-refractivity contribution is -0.140. The van der Waals surface area contributed by atoms with Crippen LogP contribution >= 0.6 is 0 Å². The molecule has 2 saturated heterocycles. The lowest BCUT2D eigenvalue weighted by atomic mass is 10.0. The molecule has 2 fully saturated rings. The van der Waals surface area contributed by atoms with E-state index in [4.69, 9.17) is 4.74 Å². The van der Waals surface area contributed by atoms with Crippen LogP contribution in [0.1, 0.15) is 93.9 Å². The summed E-state index contributed by atoms with van der Waals surface area (Å²) in [6, 6.07) is 7.07. The highest BCUT2D eigenvalue weighted by molar-refractivity contribution is 5.87. The first-order valence-corrected chi connectivity index (χ1v) is 18.4. The summed E-state index contributed by atoms with van der Waals surface area (Å²) in [4.78, 5) is 68.0. The van der Waals surface area contributed by atoms with Gasteiger partial charge in [-0.15, -0.1) is 0 Å². The van der Waals surface area contributed by atoms with Crippen molar-refractivity contribution < 1.29 is 29.0 Å². The first kappa shape index (κ1) is 38.4. The van der Waals surface area contributed by atoms with Crippen LogP contribution in [0.15, 0.2) is 43.0 Å². The summed E-state index contributed by atoms with van der Waals surface area (Å²) in [6.07, 6.45) is 10.3. The molecule has 2 aliphatic heterocycles. The summed E-state index contributed by atoms with van der Waals surface area (Å²) in [5, 5.41) is 12.2. The fourth-order valence-electron chi connectivity index (χ4n) is 7.46. The maximum atomic E-state index is 13.5. The van der Waals surface area contributed by atoms with Gasteiger partial charge in [-0.05, 0) is 74.3 Å². The molecule has 2 aromatic heterocycles. The van der Waals surface area contributed by atoms with Crippen LogP contribution in [-0.2, 0) is 40.0 Å². The second-order valence-electron chi connectivity index (χ2n) is 14.7. The number of carbonyl (C=O) groups excluding carboxylic acids is 3. The highest BCUT2D eigenvalue weighted by Crippen LogP contribution is 2.32. The van der Waals surface area contributed by atoms with Gasteiger partial charge in [0.25, 0.3) is 0 Å². The van der Waals surface area contributed by atoms with Crippen molar-refractivity contribution in [2.45, 2.75) is 103 Å². The summed E-state index contributed by atoms with van der Waals surface area (Å²) >= 11 is 0. The van der Waals surface area contributed by atoms with Crippen molar-refractivity contribution in [3.63, 3.8) is 0 Å². The van der Waals surface area contributed by atoms with Gasteiger partial charge in [0.1, 0.15) is 24.1 Å². The number of hydrogen-bond acceptors (Lipinski definition) is 7. The molecule has 0 aliphatic carbocycles. The molecule has 0 bridgehead atoms. The number of benzene rings is 1. The molecule has 0 radical (unpaired) electrons. The number of likely N-dealkylation sites (N-methyl/N-ethyl adjacent to an activating group) is 1. The van der Waals surface area contributed by atoms with Crippen LogP contribution < -0.4 is 5.32 Å². The lowest BCUT2D eigenvalue weighted by Gasteiger charge is -2.34. The number of H-pyrrole nitrogens is 1. The van der Waals surface area contributed by atoms with Crippen molar-refractivity contribution in [3.8, 4) is 0 Å². The molecule has 282 valence electrons. The molecule has 3 N–H and O–H groups in total. The van der Waals surface area contributed by atoms with Crippen LogP contribution in [0, 0.1) is 11.8 Å². The molecule has 2 aliphatic rings. The highest BCUT2D eigenvalue weighted by Gasteiger charge is 2.39. The van der Waals surface area contributed by atoms with Crippen LogP contribution in [0.3, 0.4) is 0 Å². The fourth-order valence-corrected chi connectivity index (χ4v) is 7.46. The Balaban J connectivity index is 1.12. The first-order valence-electron chi connectivity index (χ1n) is 18.4. The summed E-state index contributed by atoms with van der Waals surface area (Å²) in [5.41, 5.74) is 4.39. The molecule has 4 atom stereocenters. The number of imidazole rings is 2. The molecule has 3 aromatic rings. The Hall–Kier alpha value is -4.88. The number of carbonyl (C=O) groups is 4. The van der Waals surface area contributed by atoms with E-state index in [1.54, 1.807) is 11.2 Å². The SMILES string of the molecule is COC(=O)N[C@H](C(=O)N1CCC[C@H]1c1ncc(CCc2ccc(CCc3cn([C@@H]4CCCN4C(=O)[C@H](C(C)C)N(C)C(=O)O)cn3)cc2)[nH]1)C(C)C. The topological polar surface area (TPSA) is 166 Å². The zero-order valence-electron chi connectivity index (χ0n) is 31.2. The van der Waals surface area contributed by atoms with Crippen molar-refractivity contribution in [3.05, 3.63) is 71.3 Å². The van der Waals surface area contributed by atoms with Gasteiger partial charge >= 0.3 is 12.2 Å². The highest BCUT2D eigenvalue weighted by atomic mass is 16.5. The van der Waals surface area contributed by atoms with E-state index in [-0.39, 0.29) is 35.9 Å². The summed E-state index contributed by atoms with van der Waals surface area (Å²) in [6.45, 7) is 8.77. The van der Waals surface area contributed by atoms with Gasteiger partial charge in [-0.1, -0.05) is 52.0 Å². The number of methoxy groups -OCH3 is 1. The van der Waals surface area contributed by atoms with Crippen LogP contribution in [0.25, 0.3) is 0 Å². The van der Waals surface area contributed by atoms with Crippen LogP contribution in [0.2, 0.25) is 0 Å². The number of ether oxygens (including phenoxy) is 1. The minimum Gasteiger partial charge on any atom is -0.465 e. The Kier molecular flexibility index (Phi) is 12.6. The van der Waals surface area contributed by atoms with Crippen molar-refractivity contribution in [1.82, 2.24) is 39.5 Å². The second kappa shape index (κ2) is 17.1. The molecule has 14 nitrogen and oxygen atoms in total. The molecule has 5 rings (SSSR count). The van der Waals surface area contributed by atoms with E-state index >= 15 is 0 Å². The molecule has 0 unspecified atom stereocenters. The van der Waals surface area contributed by atoms with E-state index in [9.17, 15) is 24.3 Å². The van der Waals surface area contributed by atoms with Crippen LogP contribution in [0.5, 0.6) is 0 Å². The van der Waals surface area contributed by atoms with E-state index in [1.807, 2.05) is 49.6 Å². The van der Waals surface area contributed by atoms with Crippen molar-refractivity contribution in [2.24, 2.45) is 11.8 Å². The van der Waals surface area contributed by atoms with E-state index < -0.39 is 24.3 Å². The summed E-state index contributed by atoms with van der Waals surface area (Å²) < 4.78 is 6.73. The third-order valence-electron chi connectivity index (χ3n) is 10.4. The number of amides is 4. The normalized spacial score (nSPS) is 18.5. The molecule has 4 heterocycles. The van der Waals surface area contributed by atoms with E-state index in [0.29, 0.717) is 13.1 Å². The molecule has 4 amide bonds. The van der Waals surface area contributed by atoms with Gasteiger partial charge in [-0.25, -0.2) is 19.6 Å². The molecular weight excluding hydrogens is 664 g/mol. The van der Waals surface area contributed by atoms with Crippen LogP contribution in [0.4, 0.5) is 9.59 Å². The van der Waals surface area contributed by atoms with Gasteiger partial charge in [0.05, 0.1) is 25.2 Å². The summed E-state index contributed by atoms with van der Waals surface area (Å²) in [5.74, 6) is 0.259. The standard InChI is InChI=1S/C38H54N8O6/c1-24(2)32(42-37(49)52-6)35(47)45-19-7-9-30(45)34-39-21-28(41-34)17-15-26-11-13-27(14-12-26)16-18-29-22-44(23-40-29)31-10-8-20-46(31)36(48)33(25(3)4)43(5)38(50)51/h11-14,21-25,30-33H,7-10,15-20H2,1-6H3,(H,39,41)(H,42,49)(H,50,51)/t30-,31-,32-,33-/m0/s1. The molecule has 14 heteroatoms. The number of aromatic nitrogens is 4. The number of rotatable bonds is 14. The van der Waals surface area contributed by atoms with Crippen molar-refractivity contribution >= 4 is 24.0 Å². The number of aryl methyl sites for hydroxylation is 4. The zero-order chi connectivity index (χ0) is 37.5. The van der Waals surface area contributed by atoms with E-state index in [0.717, 1.165) is 73.5 Å². The third kappa shape index (κ3) is 8.94. The number of alkyl carbamates (subject to hydrolysis) is 1. The van der Waals surface area contributed by atoms with Crippen molar-refractivity contribution in [2.75, 3.05) is 27.2 Å². The van der Waals surface area contributed by atoms with Gasteiger partial charge in [-0.2, -0.15) is 0 Å². The smallest absolute Gasteiger partial charge is 0.407 e. The van der Waals surface area contributed by atoms with Gasteiger partial charge in [0.2, 0.25) is 11.8 Å². The average molecular weight is 719 g/mol. The third-order valence-corrected chi connectivity index (χ3v) is 10.4. The van der Waals surface area contributed by atoms with Crippen molar-refractivity contribution in [1.29, 1.82) is 0 Å². The number of likely N-dealkylation sites (tertiary alicyclic amines) is 2. The van der Waals surface area contributed by atoms with Gasteiger partial charge in [0.15, 0.2) is 0 Å². The summed E-state index contributed by atoms with van der Waals surface area (Å²) in [7, 11) is 2.75. The maximum absolute atomic E-state index is 13.5. The Morgan fingerprint density at radius 1 is 0.923 bits per heavy atom. The number of hydrogen-bond donors (Lipinski definition) is 3. The quantitative estimate of drug-likeness (QED) is 0.210. The average Bonchev–Trinajstić information content (AvgIpc) is 3.95. The zero-order valence-corrected chi connectivity index (χ0v) is 31.2. The lowest BCUT2D eigenvalue weighted by Crippen LogP contribution is -2.51. The minimum absolute atomic E-state index is 0.0867. The molecule has 0 spiro atoms. The Bertz CT molecular complexity index is 1680. The van der Waals surface area contributed by atoms with E-state index in [1.165, 1.54) is 25.3 Å². The molecular formula is C38H54N8O6. The fraction of sp³-hybridized carbons (Fsp3) is 0.579. The predicted octanol–water partition coefficient (Wildman–Crippen LogP) is 4.98.